The number of carbonyl (C=O) groups is 1. The van der Waals surface area contributed by atoms with Crippen LogP contribution in [0.15, 0.2) is 54.2 Å². The van der Waals surface area contributed by atoms with Gasteiger partial charge < -0.3 is 4.74 Å². The zero-order chi connectivity index (χ0) is 20.8. The number of anilines is 1. The number of ether oxygens (including phenoxy) is 1. The molecule has 5 nitrogen and oxygen atoms in total. The Kier molecular flexibility index (Phi) is 6.89. The number of thiazole rings is 1. The van der Waals surface area contributed by atoms with E-state index in [1.807, 2.05) is 12.1 Å². The predicted molar refractivity (Wildman–Crippen MR) is 117 cm³/mol. The van der Waals surface area contributed by atoms with Crippen LogP contribution in [0.1, 0.15) is 16.0 Å². The zero-order valence-electron chi connectivity index (χ0n) is 15.3. The van der Waals surface area contributed by atoms with E-state index < -0.39 is 5.91 Å². The van der Waals surface area contributed by atoms with Gasteiger partial charge in [-0.1, -0.05) is 41.4 Å². The molecule has 0 fully saturated rings. The Morgan fingerprint density at radius 2 is 2.00 bits per heavy atom. The fraction of sp³-hybridized carbons (Fsp3) is 0.0952. The van der Waals surface area contributed by atoms with Gasteiger partial charge in [0.05, 0.1) is 17.2 Å². The minimum atomic E-state index is -0.515. The van der Waals surface area contributed by atoms with Gasteiger partial charge in [0, 0.05) is 17.5 Å². The molecule has 146 valence electrons. The van der Waals surface area contributed by atoms with E-state index in [1.165, 1.54) is 17.4 Å². The number of carbonyl (C=O) groups excluding carboxylic acids is 1. The Hall–Kier alpha value is -2.85. The summed E-state index contributed by atoms with van der Waals surface area (Å²) < 4.78 is 5.10. The van der Waals surface area contributed by atoms with Gasteiger partial charge in [-0.15, -0.1) is 11.3 Å². The SMILES string of the molecule is COc1ccc(C=C(C#N)C(=O)Nc2ncc(Cc3ccc(Cl)c(Cl)c3)s2)cc1. The van der Waals surface area contributed by atoms with Gasteiger partial charge in [0.15, 0.2) is 5.13 Å². The molecule has 1 heterocycles. The maximum atomic E-state index is 12.4. The van der Waals surface area contributed by atoms with Crippen molar-refractivity contribution >= 4 is 51.7 Å². The van der Waals surface area contributed by atoms with Gasteiger partial charge in [-0.3, -0.25) is 10.1 Å². The van der Waals surface area contributed by atoms with Gasteiger partial charge in [0.2, 0.25) is 0 Å². The van der Waals surface area contributed by atoms with Crippen LogP contribution in [0.2, 0.25) is 10.0 Å². The second kappa shape index (κ2) is 9.57. The maximum absolute atomic E-state index is 12.4. The first-order valence-corrected chi connectivity index (χ1v) is 10.0. The van der Waals surface area contributed by atoms with E-state index in [9.17, 15) is 10.1 Å². The summed E-state index contributed by atoms with van der Waals surface area (Å²) in [4.78, 5) is 17.6. The molecule has 3 aromatic rings. The molecule has 0 aliphatic rings. The van der Waals surface area contributed by atoms with Crippen molar-refractivity contribution in [2.75, 3.05) is 12.4 Å². The molecule has 0 aliphatic heterocycles. The second-order valence-electron chi connectivity index (χ2n) is 5.95. The molecule has 1 amide bonds. The van der Waals surface area contributed by atoms with E-state index in [4.69, 9.17) is 27.9 Å². The number of halogens is 2. The fourth-order valence-corrected chi connectivity index (χ4v) is 3.64. The van der Waals surface area contributed by atoms with Crippen molar-refractivity contribution in [1.29, 1.82) is 5.26 Å². The molecule has 0 bridgehead atoms. The maximum Gasteiger partial charge on any atom is 0.268 e. The lowest BCUT2D eigenvalue weighted by atomic mass is 10.1. The van der Waals surface area contributed by atoms with Crippen LogP contribution in [0.4, 0.5) is 5.13 Å². The van der Waals surface area contributed by atoms with Gasteiger partial charge >= 0.3 is 0 Å². The number of hydrogen-bond donors (Lipinski definition) is 1. The zero-order valence-corrected chi connectivity index (χ0v) is 17.6. The van der Waals surface area contributed by atoms with Crippen LogP contribution in [0, 0.1) is 11.3 Å². The molecule has 1 N–H and O–H groups in total. The van der Waals surface area contributed by atoms with Crippen molar-refractivity contribution in [3.63, 3.8) is 0 Å². The molecular weight excluding hydrogens is 429 g/mol. The van der Waals surface area contributed by atoms with Crippen LogP contribution >= 0.6 is 34.5 Å². The Morgan fingerprint density at radius 3 is 2.66 bits per heavy atom. The second-order valence-corrected chi connectivity index (χ2v) is 7.88. The van der Waals surface area contributed by atoms with Gasteiger partial charge in [-0.05, 0) is 41.5 Å². The minimum Gasteiger partial charge on any atom is -0.497 e. The van der Waals surface area contributed by atoms with Crippen LogP contribution < -0.4 is 10.1 Å². The quantitative estimate of drug-likeness (QED) is 0.397. The molecule has 2 aromatic carbocycles. The van der Waals surface area contributed by atoms with Crippen LogP contribution in [0.3, 0.4) is 0 Å². The number of nitrogens with zero attached hydrogens (tertiary/aromatic N) is 2. The topological polar surface area (TPSA) is 75.0 Å². The summed E-state index contributed by atoms with van der Waals surface area (Å²) in [5.41, 5.74) is 1.69. The number of methoxy groups -OCH3 is 1. The molecule has 0 atom stereocenters. The van der Waals surface area contributed by atoms with Crippen molar-refractivity contribution in [2.24, 2.45) is 0 Å². The Labute approximate surface area is 182 Å². The first-order chi connectivity index (χ1) is 14.0. The number of nitrogens with one attached hydrogen (secondary N) is 1. The van der Waals surface area contributed by atoms with Crippen molar-refractivity contribution in [3.05, 3.63) is 80.3 Å². The Balaban J connectivity index is 1.68. The third-order valence-corrected chi connectivity index (χ3v) is 5.58. The number of amides is 1. The average molecular weight is 444 g/mol. The molecule has 29 heavy (non-hydrogen) atoms. The van der Waals surface area contributed by atoms with Crippen LogP contribution in [-0.4, -0.2) is 18.0 Å². The van der Waals surface area contributed by atoms with E-state index >= 15 is 0 Å². The summed E-state index contributed by atoms with van der Waals surface area (Å²) in [5.74, 6) is 0.182. The Bertz CT molecular complexity index is 1100. The summed E-state index contributed by atoms with van der Waals surface area (Å²) >= 11 is 13.3. The highest BCUT2D eigenvalue weighted by atomic mass is 35.5. The first-order valence-electron chi connectivity index (χ1n) is 8.44. The van der Waals surface area contributed by atoms with Crippen molar-refractivity contribution < 1.29 is 9.53 Å². The number of aromatic nitrogens is 1. The summed E-state index contributed by atoms with van der Waals surface area (Å²) in [6.07, 6.45) is 3.80. The molecule has 0 aliphatic carbocycles. The summed E-state index contributed by atoms with van der Waals surface area (Å²) in [5, 5.41) is 13.4. The van der Waals surface area contributed by atoms with Crippen molar-refractivity contribution in [2.45, 2.75) is 6.42 Å². The van der Waals surface area contributed by atoms with Gasteiger partial charge in [0.25, 0.3) is 5.91 Å². The Morgan fingerprint density at radius 1 is 1.24 bits per heavy atom. The minimum absolute atomic E-state index is 0.0172. The molecule has 0 spiro atoms. The van der Waals surface area contributed by atoms with E-state index in [0.717, 1.165) is 16.0 Å². The van der Waals surface area contributed by atoms with Crippen molar-refractivity contribution in [3.8, 4) is 11.8 Å². The molecular formula is C21H15Cl2N3O2S. The lowest BCUT2D eigenvalue weighted by Gasteiger charge is -2.02. The third-order valence-electron chi connectivity index (χ3n) is 3.93. The molecule has 0 saturated carbocycles. The van der Waals surface area contributed by atoms with E-state index in [-0.39, 0.29) is 5.57 Å². The summed E-state index contributed by atoms with van der Waals surface area (Å²) in [7, 11) is 1.57. The lowest BCUT2D eigenvalue weighted by Crippen LogP contribution is -2.13. The van der Waals surface area contributed by atoms with E-state index in [0.29, 0.717) is 27.3 Å². The molecule has 3 rings (SSSR count). The van der Waals surface area contributed by atoms with Crippen LogP contribution in [0.25, 0.3) is 6.08 Å². The molecule has 0 unspecified atom stereocenters. The standard InChI is InChI=1S/C21H15Cl2N3O2S/c1-28-16-5-2-13(3-6-16)8-15(11-24)20(27)26-21-25-12-17(29-21)9-14-4-7-18(22)19(23)10-14/h2-8,10,12H,9H2,1H3,(H,25,26,27). The molecule has 0 saturated heterocycles. The van der Waals surface area contributed by atoms with Crippen LogP contribution in [-0.2, 0) is 11.2 Å². The van der Waals surface area contributed by atoms with Crippen LogP contribution in [0.5, 0.6) is 5.75 Å². The molecule has 0 radical (unpaired) electrons. The molecule has 8 heteroatoms. The number of rotatable bonds is 6. The normalized spacial score (nSPS) is 11.0. The van der Waals surface area contributed by atoms with Crippen molar-refractivity contribution in [1.82, 2.24) is 4.98 Å². The number of nitriles is 1. The predicted octanol–water partition coefficient (Wildman–Crippen LogP) is 5.59. The molecule has 1 aromatic heterocycles. The average Bonchev–Trinajstić information content (AvgIpc) is 3.16. The largest absolute Gasteiger partial charge is 0.497 e. The lowest BCUT2D eigenvalue weighted by molar-refractivity contribution is -0.112. The summed E-state index contributed by atoms with van der Waals surface area (Å²) in [6.45, 7) is 0. The fourth-order valence-electron chi connectivity index (χ4n) is 2.48. The van der Waals surface area contributed by atoms with Gasteiger partial charge in [-0.25, -0.2) is 4.98 Å². The first kappa shape index (κ1) is 20.9. The van der Waals surface area contributed by atoms with Gasteiger partial charge in [0.1, 0.15) is 17.4 Å². The highest BCUT2D eigenvalue weighted by Gasteiger charge is 2.12. The van der Waals surface area contributed by atoms with E-state index in [2.05, 4.69) is 10.3 Å². The smallest absolute Gasteiger partial charge is 0.268 e. The van der Waals surface area contributed by atoms with E-state index in [1.54, 1.807) is 49.7 Å². The highest BCUT2D eigenvalue weighted by Crippen LogP contribution is 2.26. The number of benzene rings is 2. The monoisotopic (exact) mass is 443 g/mol. The van der Waals surface area contributed by atoms with Gasteiger partial charge in [-0.2, -0.15) is 5.26 Å². The summed E-state index contributed by atoms with van der Waals surface area (Å²) in [6, 6.07) is 14.4. The number of hydrogen-bond acceptors (Lipinski definition) is 5. The third kappa shape index (κ3) is 5.58. The highest BCUT2D eigenvalue weighted by molar-refractivity contribution is 7.15.